The molecule has 0 bridgehead atoms. The van der Waals surface area contributed by atoms with Gasteiger partial charge in [0.15, 0.2) is 17.2 Å². The first-order valence-corrected chi connectivity index (χ1v) is 7.20. The highest BCUT2D eigenvalue weighted by Crippen LogP contribution is 2.35. The van der Waals surface area contributed by atoms with Gasteiger partial charge in [0.05, 0.1) is 0 Å². The number of benzene rings is 2. The Hall–Kier alpha value is -3.74. The van der Waals surface area contributed by atoms with Crippen LogP contribution in [-0.2, 0) is 4.79 Å². The number of aromatic hydroxyl groups is 3. The summed E-state index contributed by atoms with van der Waals surface area (Å²) >= 11 is 0. The second-order valence-electron chi connectivity index (χ2n) is 5.24. The van der Waals surface area contributed by atoms with E-state index < -0.39 is 28.8 Å². The van der Waals surface area contributed by atoms with Crippen molar-refractivity contribution in [2.75, 3.05) is 5.32 Å². The Morgan fingerprint density at radius 3 is 2.44 bits per heavy atom. The summed E-state index contributed by atoms with van der Waals surface area (Å²) in [6.45, 7) is 0. The molecule has 0 saturated carbocycles. The van der Waals surface area contributed by atoms with Gasteiger partial charge in [0.1, 0.15) is 5.58 Å². The van der Waals surface area contributed by atoms with Gasteiger partial charge in [-0.05, 0) is 48.0 Å². The first-order chi connectivity index (χ1) is 11.9. The lowest BCUT2D eigenvalue weighted by molar-refractivity contribution is -0.111. The number of amides is 1. The number of carbonyl (C=O) groups excluding carboxylic acids is 1. The van der Waals surface area contributed by atoms with E-state index in [4.69, 9.17) is 4.42 Å². The number of fused-ring (bicyclic) bond motifs is 1. The summed E-state index contributed by atoms with van der Waals surface area (Å²) in [7, 11) is 0. The molecule has 3 aromatic rings. The molecule has 1 aromatic heterocycles. The number of rotatable bonds is 3. The van der Waals surface area contributed by atoms with Gasteiger partial charge in [-0.2, -0.15) is 0 Å². The Morgan fingerprint density at radius 1 is 1.00 bits per heavy atom. The molecule has 0 aliphatic rings. The zero-order chi connectivity index (χ0) is 18.0. The maximum Gasteiger partial charge on any atom is 0.336 e. The minimum atomic E-state index is -0.621. The van der Waals surface area contributed by atoms with Crippen molar-refractivity contribution < 1.29 is 24.5 Å². The predicted molar refractivity (Wildman–Crippen MR) is 91.6 cm³/mol. The molecule has 0 saturated heterocycles. The van der Waals surface area contributed by atoms with E-state index in [1.54, 1.807) is 24.3 Å². The molecule has 0 spiro atoms. The van der Waals surface area contributed by atoms with Crippen molar-refractivity contribution in [2.24, 2.45) is 0 Å². The minimum Gasteiger partial charge on any atom is -0.504 e. The minimum absolute atomic E-state index is 0.336. The smallest absolute Gasteiger partial charge is 0.336 e. The Bertz CT molecular complexity index is 1030. The highest BCUT2D eigenvalue weighted by atomic mass is 16.4. The third-order valence-electron chi connectivity index (χ3n) is 3.41. The molecule has 0 unspecified atom stereocenters. The van der Waals surface area contributed by atoms with Crippen molar-refractivity contribution >= 4 is 28.6 Å². The Morgan fingerprint density at radius 2 is 1.72 bits per heavy atom. The fourth-order valence-corrected chi connectivity index (χ4v) is 2.23. The third-order valence-corrected chi connectivity index (χ3v) is 3.41. The molecular weight excluding hydrogens is 326 g/mol. The molecule has 126 valence electrons. The lowest BCUT2D eigenvalue weighted by Crippen LogP contribution is -2.07. The van der Waals surface area contributed by atoms with Crippen molar-refractivity contribution in [3.05, 3.63) is 64.5 Å². The Kier molecular flexibility index (Phi) is 4.13. The standard InChI is InChI=1S/C18H13NO6/c20-13-7-10(8-14(21)18(13)24)1-5-16(22)19-12-3-4-15-11(9-12)2-6-17(23)25-15/h1-9,20-21,24H,(H,19,22)/b5-1+. The number of nitrogens with one attached hydrogen (secondary N) is 1. The molecule has 0 aliphatic heterocycles. The van der Waals surface area contributed by atoms with Crippen LogP contribution in [0.1, 0.15) is 5.56 Å². The molecule has 4 N–H and O–H groups in total. The van der Waals surface area contributed by atoms with Gasteiger partial charge in [-0.15, -0.1) is 0 Å². The lowest BCUT2D eigenvalue weighted by Gasteiger charge is -2.04. The molecule has 0 fully saturated rings. The average Bonchev–Trinajstić information content (AvgIpc) is 2.58. The fourth-order valence-electron chi connectivity index (χ4n) is 2.23. The zero-order valence-electron chi connectivity index (χ0n) is 12.8. The van der Waals surface area contributed by atoms with Gasteiger partial charge in [0.25, 0.3) is 0 Å². The largest absolute Gasteiger partial charge is 0.504 e. The summed E-state index contributed by atoms with van der Waals surface area (Å²) in [5.41, 5.74) is 0.805. The maximum atomic E-state index is 12.0. The van der Waals surface area contributed by atoms with Crippen molar-refractivity contribution in [1.29, 1.82) is 0 Å². The van der Waals surface area contributed by atoms with Crippen LogP contribution in [0.4, 0.5) is 5.69 Å². The van der Waals surface area contributed by atoms with E-state index >= 15 is 0 Å². The molecule has 1 heterocycles. The van der Waals surface area contributed by atoms with Gasteiger partial charge in [-0.25, -0.2) is 4.79 Å². The molecule has 1 amide bonds. The summed E-state index contributed by atoms with van der Waals surface area (Å²) in [5.74, 6) is -2.04. The molecule has 3 rings (SSSR count). The van der Waals surface area contributed by atoms with Crippen LogP contribution in [0.2, 0.25) is 0 Å². The van der Waals surface area contributed by atoms with Crippen LogP contribution in [0.5, 0.6) is 17.2 Å². The molecule has 0 aliphatic carbocycles. The number of phenols is 3. The number of hydrogen-bond acceptors (Lipinski definition) is 6. The van der Waals surface area contributed by atoms with Crippen molar-refractivity contribution in [1.82, 2.24) is 0 Å². The van der Waals surface area contributed by atoms with Crippen molar-refractivity contribution in [3.63, 3.8) is 0 Å². The van der Waals surface area contributed by atoms with Gasteiger partial charge in [-0.1, -0.05) is 0 Å². The highest BCUT2D eigenvalue weighted by molar-refractivity contribution is 6.02. The quantitative estimate of drug-likeness (QED) is 0.331. The van der Waals surface area contributed by atoms with Crippen LogP contribution < -0.4 is 10.9 Å². The Labute approximate surface area is 141 Å². The summed E-state index contributed by atoms with van der Waals surface area (Å²) in [6, 6.07) is 10.1. The molecule has 7 nitrogen and oxygen atoms in total. The average molecular weight is 339 g/mol. The molecule has 0 atom stereocenters. The van der Waals surface area contributed by atoms with Gasteiger partial charge >= 0.3 is 5.63 Å². The topological polar surface area (TPSA) is 120 Å². The van der Waals surface area contributed by atoms with Crippen LogP contribution in [0.15, 0.2) is 57.8 Å². The van der Waals surface area contributed by atoms with Crippen molar-refractivity contribution in [3.8, 4) is 17.2 Å². The summed E-state index contributed by atoms with van der Waals surface area (Å²) in [6.07, 6.45) is 2.58. The van der Waals surface area contributed by atoms with Crippen molar-refractivity contribution in [2.45, 2.75) is 0 Å². The van der Waals surface area contributed by atoms with E-state index in [1.807, 2.05) is 0 Å². The molecule has 25 heavy (non-hydrogen) atoms. The van der Waals surface area contributed by atoms with Gasteiger partial charge in [-0.3, -0.25) is 4.79 Å². The molecule has 0 radical (unpaired) electrons. The zero-order valence-corrected chi connectivity index (χ0v) is 12.8. The van der Waals surface area contributed by atoms with E-state index in [2.05, 4.69) is 5.32 Å². The normalized spacial score (nSPS) is 11.0. The van der Waals surface area contributed by atoms with E-state index in [9.17, 15) is 24.9 Å². The summed E-state index contributed by atoms with van der Waals surface area (Å²) < 4.78 is 5.01. The van der Waals surface area contributed by atoms with Crippen LogP contribution in [0.3, 0.4) is 0 Å². The first kappa shape index (κ1) is 16.1. The number of hydrogen-bond donors (Lipinski definition) is 4. The molecule has 2 aromatic carbocycles. The van der Waals surface area contributed by atoms with E-state index in [0.29, 0.717) is 22.2 Å². The second-order valence-corrected chi connectivity index (χ2v) is 5.24. The molecular formula is C18H13NO6. The number of carbonyl (C=O) groups is 1. The monoisotopic (exact) mass is 339 g/mol. The highest BCUT2D eigenvalue weighted by Gasteiger charge is 2.07. The Balaban J connectivity index is 1.76. The van der Waals surface area contributed by atoms with Gasteiger partial charge in [0.2, 0.25) is 5.91 Å². The van der Waals surface area contributed by atoms with Crippen LogP contribution in [0, 0.1) is 0 Å². The molecule has 7 heteroatoms. The second kappa shape index (κ2) is 6.40. The van der Waals surface area contributed by atoms with Crippen LogP contribution in [0.25, 0.3) is 17.0 Å². The first-order valence-electron chi connectivity index (χ1n) is 7.20. The SMILES string of the molecule is O=C(/C=C/c1cc(O)c(O)c(O)c1)Nc1ccc2oc(=O)ccc2c1. The van der Waals surface area contributed by atoms with Crippen LogP contribution in [-0.4, -0.2) is 21.2 Å². The maximum absolute atomic E-state index is 12.0. The lowest BCUT2D eigenvalue weighted by atomic mass is 10.1. The number of phenolic OH excluding ortho intramolecular Hbond substituents is 3. The predicted octanol–water partition coefficient (Wildman–Crippen LogP) is 2.56. The van der Waals surface area contributed by atoms with Gasteiger partial charge in [0, 0.05) is 23.2 Å². The van der Waals surface area contributed by atoms with Gasteiger partial charge < -0.3 is 25.1 Å². The van der Waals surface area contributed by atoms with E-state index in [0.717, 1.165) is 0 Å². The third kappa shape index (κ3) is 3.61. The van der Waals surface area contributed by atoms with E-state index in [1.165, 1.54) is 30.4 Å². The van der Waals surface area contributed by atoms with E-state index in [-0.39, 0.29) is 0 Å². The van der Waals surface area contributed by atoms with Crippen LogP contribution >= 0.6 is 0 Å². The number of anilines is 1. The summed E-state index contributed by atoms with van der Waals surface area (Å²) in [5, 5.41) is 31.4. The fraction of sp³-hybridized carbons (Fsp3) is 0. The summed E-state index contributed by atoms with van der Waals surface area (Å²) in [4.78, 5) is 23.1.